The quantitative estimate of drug-likeness (QED) is 0.718. The average Bonchev–Trinajstić information content (AvgIpc) is 2.45. The van der Waals surface area contributed by atoms with Gasteiger partial charge in [-0.2, -0.15) is 0 Å². The van der Waals surface area contributed by atoms with Crippen molar-refractivity contribution >= 4 is 6.03 Å². The van der Waals surface area contributed by atoms with Crippen molar-refractivity contribution in [3.63, 3.8) is 0 Å². The lowest BCUT2D eigenvalue weighted by Crippen LogP contribution is -2.50. The molecule has 0 saturated carbocycles. The molecule has 0 radical (unpaired) electrons. The molecule has 0 unspecified atom stereocenters. The SMILES string of the molecule is CC[C@@](C)(CCO)NC(=O)NCC#Cc1ccccc1. The molecule has 4 nitrogen and oxygen atoms in total. The molecule has 0 aliphatic rings. The van der Waals surface area contributed by atoms with E-state index in [2.05, 4.69) is 22.5 Å². The minimum atomic E-state index is -0.383. The Labute approximate surface area is 120 Å². The largest absolute Gasteiger partial charge is 0.396 e. The summed E-state index contributed by atoms with van der Waals surface area (Å²) < 4.78 is 0. The fourth-order valence-corrected chi connectivity index (χ4v) is 1.68. The van der Waals surface area contributed by atoms with Crippen LogP contribution in [0.4, 0.5) is 4.79 Å². The molecule has 4 heteroatoms. The van der Waals surface area contributed by atoms with Gasteiger partial charge in [-0.05, 0) is 31.9 Å². The van der Waals surface area contributed by atoms with Gasteiger partial charge in [-0.25, -0.2) is 4.79 Å². The van der Waals surface area contributed by atoms with Crippen LogP contribution in [-0.4, -0.2) is 29.8 Å². The van der Waals surface area contributed by atoms with E-state index in [0.717, 1.165) is 12.0 Å². The van der Waals surface area contributed by atoms with Gasteiger partial charge in [-0.15, -0.1) is 0 Å². The maximum absolute atomic E-state index is 11.7. The molecule has 0 saturated heterocycles. The number of carbonyl (C=O) groups is 1. The third-order valence-corrected chi connectivity index (χ3v) is 3.20. The average molecular weight is 274 g/mol. The summed E-state index contributed by atoms with van der Waals surface area (Å²) in [5, 5.41) is 14.6. The molecule has 0 spiro atoms. The summed E-state index contributed by atoms with van der Waals surface area (Å²) in [6.07, 6.45) is 1.29. The van der Waals surface area contributed by atoms with Crippen LogP contribution in [0.1, 0.15) is 32.3 Å². The van der Waals surface area contributed by atoms with Gasteiger partial charge in [0.15, 0.2) is 0 Å². The van der Waals surface area contributed by atoms with Crippen LogP contribution in [-0.2, 0) is 0 Å². The highest BCUT2D eigenvalue weighted by atomic mass is 16.3. The number of carbonyl (C=O) groups excluding carboxylic acids is 1. The van der Waals surface area contributed by atoms with E-state index in [0.29, 0.717) is 13.0 Å². The number of aliphatic hydroxyl groups excluding tert-OH is 1. The molecule has 0 aromatic heterocycles. The molecule has 2 amide bonds. The summed E-state index contributed by atoms with van der Waals surface area (Å²) in [6.45, 7) is 4.24. The van der Waals surface area contributed by atoms with Crippen LogP contribution in [0.15, 0.2) is 30.3 Å². The Bertz CT molecular complexity index is 476. The molecule has 20 heavy (non-hydrogen) atoms. The van der Waals surface area contributed by atoms with Crippen LogP contribution in [0, 0.1) is 11.8 Å². The highest BCUT2D eigenvalue weighted by Crippen LogP contribution is 2.13. The minimum Gasteiger partial charge on any atom is -0.396 e. The van der Waals surface area contributed by atoms with Gasteiger partial charge in [0.2, 0.25) is 0 Å². The molecule has 1 aromatic rings. The number of benzene rings is 1. The van der Waals surface area contributed by atoms with Gasteiger partial charge >= 0.3 is 6.03 Å². The number of aliphatic hydroxyl groups is 1. The van der Waals surface area contributed by atoms with Gasteiger partial charge in [0.05, 0.1) is 6.54 Å². The van der Waals surface area contributed by atoms with Crippen molar-refractivity contribution < 1.29 is 9.90 Å². The fraction of sp³-hybridized carbons (Fsp3) is 0.438. The molecule has 1 rings (SSSR count). The summed E-state index contributed by atoms with van der Waals surface area (Å²) in [6, 6.07) is 9.36. The molecule has 0 heterocycles. The van der Waals surface area contributed by atoms with Gasteiger partial charge in [-0.1, -0.05) is 37.0 Å². The zero-order valence-electron chi connectivity index (χ0n) is 12.1. The first-order chi connectivity index (χ1) is 9.59. The highest BCUT2D eigenvalue weighted by molar-refractivity contribution is 5.75. The van der Waals surface area contributed by atoms with Gasteiger partial charge in [0.1, 0.15) is 0 Å². The first kappa shape index (κ1) is 16.1. The molecule has 1 atom stereocenters. The highest BCUT2D eigenvalue weighted by Gasteiger charge is 2.23. The molecular formula is C16H22N2O2. The van der Waals surface area contributed by atoms with E-state index in [9.17, 15) is 4.79 Å². The van der Waals surface area contributed by atoms with E-state index >= 15 is 0 Å². The number of hydrogen-bond donors (Lipinski definition) is 3. The van der Waals surface area contributed by atoms with Crippen molar-refractivity contribution in [2.75, 3.05) is 13.2 Å². The fourth-order valence-electron chi connectivity index (χ4n) is 1.68. The molecule has 0 bridgehead atoms. The van der Waals surface area contributed by atoms with Crippen LogP contribution in [0.2, 0.25) is 0 Å². The van der Waals surface area contributed by atoms with Crippen LogP contribution in [0.25, 0.3) is 0 Å². The lowest BCUT2D eigenvalue weighted by molar-refractivity contribution is 0.201. The summed E-state index contributed by atoms with van der Waals surface area (Å²) in [5.41, 5.74) is 0.541. The first-order valence-corrected chi connectivity index (χ1v) is 6.80. The van der Waals surface area contributed by atoms with Gasteiger partial charge in [0.25, 0.3) is 0 Å². The lowest BCUT2D eigenvalue weighted by Gasteiger charge is -2.28. The Morgan fingerprint density at radius 3 is 2.65 bits per heavy atom. The molecule has 0 fully saturated rings. The van der Waals surface area contributed by atoms with E-state index < -0.39 is 0 Å². The van der Waals surface area contributed by atoms with Gasteiger partial charge < -0.3 is 15.7 Å². The Hall–Kier alpha value is -1.99. The Morgan fingerprint density at radius 1 is 1.35 bits per heavy atom. The third-order valence-electron chi connectivity index (χ3n) is 3.20. The van der Waals surface area contributed by atoms with E-state index in [1.165, 1.54) is 0 Å². The van der Waals surface area contributed by atoms with Crippen molar-refractivity contribution in [1.82, 2.24) is 10.6 Å². The maximum Gasteiger partial charge on any atom is 0.315 e. The van der Waals surface area contributed by atoms with E-state index in [1.807, 2.05) is 44.2 Å². The van der Waals surface area contributed by atoms with Crippen molar-refractivity contribution in [3.05, 3.63) is 35.9 Å². The summed E-state index contributed by atoms with van der Waals surface area (Å²) in [4.78, 5) is 11.7. The number of amides is 2. The summed E-state index contributed by atoms with van der Waals surface area (Å²) in [5.74, 6) is 5.87. The Morgan fingerprint density at radius 2 is 2.05 bits per heavy atom. The third kappa shape index (κ3) is 5.77. The van der Waals surface area contributed by atoms with Crippen LogP contribution < -0.4 is 10.6 Å². The minimum absolute atomic E-state index is 0.0540. The molecular weight excluding hydrogens is 252 g/mol. The lowest BCUT2D eigenvalue weighted by atomic mass is 9.95. The second-order valence-electron chi connectivity index (χ2n) is 4.86. The second-order valence-corrected chi connectivity index (χ2v) is 4.86. The zero-order chi connectivity index (χ0) is 14.8. The van der Waals surface area contributed by atoms with E-state index in [4.69, 9.17) is 5.11 Å². The molecule has 0 aliphatic heterocycles. The second kappa shape index (κ2) is 8.23. The Kier molecular flexibility index (Phi) is 6.61. The first-order valence-electron chi connectivity index (χ1n) is 6.80. The topological polar surface area (TPSA) is 61.4 Å². The Balaban J connectivity index is 2.39. The van der Waals surface area contributed by atoms with Crippen molar-refractivity contribution in [2.24, 2.45) is 0 Å². The van der Waals surface area contributed by atoms with Crippen molar-refractivity contribution in [3.8, 4) is 11.8 Å². The van der Waals surface area contributed by atoms with E-state index in [1.54, 1.807) is 0 Å². The number of rotatable bonds is 5. The number of urea groups is 1. The van der Waals surface area contributed by atoms with Crippen LogP contribution in [0.5, 0.6) is 0 Å². The number of nitrogens with one attached hydrogen (secondary N) is 2. The molecule has 3 N–H and O–H groups in total. The van der Waals surface area contributed by atoms with Crippen LogP contribution >= 0.6 is 0 Å². The molecule has 1 aromatic carbocycles. The van der Waals surface area contributed by atoms with Crippen LogP contribution in [0.3, 0.4) is 0 Å². The predicted octanol–water partition coefficient (Wildman–Crippen LogP) is 1.89. The van der Waals surface area contributed by atoms with Crippen molar-refractivity contribution in [1.29, 1.82) is 0 Å². The van der Waals surface area contributed by atoms with Crippen molar-refractivity contribution in [2.45, 2.75) is 32.2 Å². The molecule has 0 aliphatic carbocycles. The van der Waals surface area contributed by atoms with E-state index in [-0.39, 0.29) is 18.2 Å². The van der Waals surface area contributed by atoms with Gasteiger partial charge in [0, 0.05) is 17.7 Å². The monoisotopic (exact) mass is 274 g/mol. The standard InChI is InChI=1S/C16H22N2O2/c1-3-16(2,11-13-19)18-15(20)17-12-7-10-14-8-5-4-6-9-14/h4-6,8-9,19H,3,11-13H2,1-2H3,(H2,17,18,20)/t16-/m0/s1. The smallest absolute Gasteiger partial charge is 0.315 e. The summed E-state index contributed by atoms with van der Waals surface area (Å²) in [7, 11) is 0. The van der Waals surface area contributed by atoms with Gasteiger partial charge in [-0.3, -0.25) is 0 Å². The number of hydrogen-bond acceptors (Lipinski definition) is 2. The molecule has 108 valence electrons. The zero-order valence-corrected chi connectivity index (χ0v) is 12.1. The normalized spacial score (nSPS) is 12.8. The summed E-state index contributed by atoms with van der Waals surface area (Å²) >= 11 is 0. The predicted molar refractivity (Wildman–Crippen MR) is 80.3 cm³/mol. The maximum atomic E-state index is 11.7.